The fraction of sp³-hybridized carbons (Fsp3) is 0.267. The molecule has 0 atom stereocenters. The van der Waals surface area contributed by atoms with Crippen molar-refractivity contribution in [1.82, 2.24) is 14.8 Å². The third kappa shape index (κ3) is 3.00. The summed E-state index contributed by atoms with van der Waals surface area (Å²) in [4.78, 5) is 29.0. The third-order valence-electron chi connectivity index (χ3n) is 3.13. The number of carbonyl (C=O) groups excluding carboxylic acids is 1. The zero-order valence-electron chi connectivity index (χ0n) is 12.5. The van der Waals surface area contributed by atoms with Gasteiger partial charge in [-0.2, -0.15) is 5.10 Å². The summed E-state index contributed by atoms with van der Waals surface area (Å²) in [5.74, 6) is -0.576. The fourth-order valence-corrected chi connectivity index (χ4v) is 1.89. The van der Waals surface area contributed by atoms with E-state index in [2.05, 4.69) is 5.10 Å². The monoisotopic (exact) mass is 287 g/mol. The molecule has 0 spiro atoms. The molecular formula is C15H17N3O3. The zero-order valence-corrected chi connectivity index (χ0v) is 12.5. The van der Waals surface area contributed by atoms with E-state index in [4.69, 9.17) is 4.84 Å². The van der Waals surface area contributed by atoms with Gasteiger partial charge in [0.2, 0.25) is 5.43 Å². The number of amides is 1. The molecule has 0 radical (unpaired) electrons. The molecule has 1 aromatic carbocycles. The van der Waals surface area contributed by atoms with Crippen molar-refractivity contribution in [2.24, 2.45) is 0 Å². The molecule has 0 saturated carbocycles. The molecule has 0 N–H and O–H groups in total. The lowest BCUT2D eigenvalue weighted by Gasteiger charge is -2.14. The molecule has 6 heteroatoms. The van der Waals surface area contributed by atoms with Gasteiger partial charge in [-0.05, 0) is 31.5 Å². The van der Waals surface area contributed by atoms with Gasteiger partial charge in [-0.15, -0.1) is 0 Å². The van der Waals surface area contributed by atoms with E-state index < -0.39 is 11.3 Å². The Balaban J connectivity index is 2.59. The first kappa shape index (κ1) is 14.9. The Labute approximate surface area is 122 Å². The van der Waals surface area contributed by atoms with Gasteiger partial charge in [0.15, 0.2) is 5.69 Å². The molecule has 21 heavy (non-hydrogen) atoms. The van der Waals surface area contributed by atoms with E-state index in [1.165, 1.54) is 18.8 Å². The molecule has 0 aliphatic carbocycles. The highest BCUT2D eigenvalue weighted by atomic mass is 16.7. The van der Waals surface area contributed by atoms with E-state index in [0.29, 0.717) is 5.56 Å². The van der Waals surface area contributed by atoms with Crippen LogP contribution in [0.25, 0.3) is 5.69 Å². The molecule has 0 bridgehead atoms. The van der Waals surface area contributed by atoms with E-state index in [9.17, 15) is 9.59 Å². The van der Waals surface area contributed by atoms with E-state index in [0.717, 1.165) is 16.3 Å². The topological polar surface area (TPSA) is 64.4 Å². The van der Waals surface area contributed by atoms with Crippen molar-refractivity contribution in [3.63, 3.8) is 0 Å². The van der Waals surface area contributed by atoms with Crippen molar-refractivity contribution in [3.8, 4) is 5.69 Å². The van der Waals surface area contributed by atoms with Crippen LogP contribution in [0.2, 0.25) is 0 Å². The molecule has 2 rings (SSSR count). The van der Waals surface area contributed by atoms with Crippen molar-refractivity contribution in [2.75, 3.05) is 14.2 Å². The van der Waals surface area contributed by atoms with Crippen molar-refractivity contribution < 1.29 is 9.63 Å². The number of aryl methyl sites for hydroxylation is 2. The number of carbonyl (C=O) groups is 1. The molecule has 0 fully saturated rings. The number of rotatable bonds is 3. The fourth-order valence-electron chi connectivity index (χ4n) is 1.89. The van der Waals surface area contributed by atoms with Gasteiger partial charge in [0, 0.05) is 18.8 Å². The minimum absolute atomic E-state index is 0.166. The molecule has 0 aliphatic rings. The smallest absolute Gasteiger partial charge is 0.287 e. The summed E-state index contributed by atoms with van der Waals surface area (Å²) in [5, 5.41) is 5.12. The van der Waals surface area contributed by atoms with Crippen LogP contribution in [-0.4, -0.2) is 34.9 Å². The van der Waals surface area contributed by atoms with Gasteiger partial charge >= 0.3 is 5.91 Å². The molecule has 0 saturated heterocycles. The first-order valence-electron chi connectivity index (χ1n) is 6.44. The highest BCUT2D eigenvalue weighted by molar-refractivity contribution is 5.91. The minimum atomic E-state index is -0.576. The predicted octanol–water partition coefficient (Wildman–Crippen LogP) is 1.48. The standard InChI is InChI=1S/C15H17N3O3/c1-10-6-5-7-12(8-10)18-9-11(2)14(19)13(16-18)15(20)17(3)21-4/h5-9H,1-4H3. The second kappa shape index (κ2) is 5.88. The maximum absolute atomic E-state index is 12.1. The highest BCUT2D eigenvalue weighted by Gasteiger charge is 2.19. The number of hydrogen-bond donors (Lipinski definition) is 0. The average molecular weight is 287 g/mol. The average Bonchev–Trinajstić information content (AvgIpc) is 2.48. The van der Waals surface area contributed by atoms with Gasteiger partial charge in [-0.25, -0.2) is 9.75 Å². The summed E-state index contributed by atoms with van der Waals surface area (Å²) < 4.78 is 1.53. The Morgan fingerprint density at radius 3 is 2.67 bits per heavy atom. The lowest BCUT2D eigenvalue weighted by atomic mass is 10.2. The number of hydroxylamine groups is 2. The number of nitrogens with zero attached hydrogens (tertiary/aromatic N) is 3. The van der Waals surface area contributed by atoms with Crippen LogP contribution < -0.4 is 5.43 Å². The summed E-state index contributed by atoms with van der Waals surface area (Å²) in [5.41, 5.74) is 1.73. The number of hydrogen-bond acceptors (Lipinski definition) is 4. The maximum atomic E-state index is 12.1. The maximum Gasteiger partial charge on any atom is 0.301 e. The summed E-state index contributed by atoms with van der Waals surface area (Å²) >= 11 is 0. The first-order valence-corrected chi connectivity index (χ1v) is 6.44. The van der Waals surface area contributed by atoms with Gasteiger partial charge < -0.3 is 0 Å². The van der Waals surface area contributed by atoms with E-state index >= 15 is 0 Å². The van der Waals surface area contributed by atoms with Gasteiger partial charge in [-0.1, -0.05) is 12.1 Å². The molecular weight excluding hydrogens is 270 g/mol. The van der Waals surface area contributed by atoms with Gasteiger partial charge in [-0.3, -0.25) is 14.4 Å². The number of aromatic nitrogens is 2. The SMILES string of the molecule is CON(C)C(=O)c1nn(-c2cccc(C)c2)cc(C)c1=O. The minimum Gasteiger partial charge on any atom is -0.287 e. The van der Waals surface area contributed by atoms with Crippen LogP contribution in [0.3, 0.4) is 0 Å². The summed E-state index contributed by atoms with van der Waals surface area (Å²) in [6.45, 7) is 3.61. The summed E-state index contributed by atoms with van der Waals surface area (Å²) in [6, 6.07) is 7.63. The molecule has 0 unspecified atom stereocenters. The molecule has 1 heterocycles. The Morgan fingerprint density at radius 2 is 2.05 bits per heavy atom. The van der Waals surface area contributed by atoms with E-state index in [-0.39, 0.29) is 5.69 Å². The van der Waals surface area contributed by atoms with Crippen LogP contribution in [0.4, 0.5) is 0 Å². The van der Waals surface area contributed by atoms with Gasteiger partial charge in [0.05, 0.1) is 12.8 Å². The Bertz CT molecular complexity index is 737. The molecule has 110 valence electrons. The molecule has 6 nitrogen and oxygen atoms in total. The molecule has 0 aliphatic heterocycles. The van der Waals surface area contributed by atoms with Gasteiger partial charge in [0.1, 0.15) is 0 Å². The van der Waals surface area contributed by atoms with E-state index in [1.807, 2.05) is 31.2 Å². The second-order valence-electron chi connectivity index (χ2n) is 4.76. The van der Waals surface area contributed by atoms with Gasteiger partial charge in [0.25, 0.3) is 0 Å². The Kier molecular flexibility index (Phi) is 4.18. The Hall–Kier alpha value is -2.47. The molecule has 2 aromatic rings. The Morgan fingerprint density at radius 1 is 1.33 bits per heavy atom. The van der Waals surface area contributed by atoms with Crippen LogP contribution in [-0.2, 0) is 4.84 Å². The zero-order chi connectivity index (χ0) is 15.6. The van der Waals surface area contributed by atoms with Crippen LogP contribution in [0, 0.1) is 13.8 Å². The van der Waals surface area contributed by atoms with Crippen LogP contribution >= 0.6 is 0 Å². The third-order valence-corrected chi connectivity index (χ3v) is 3.13. The van der Waals surface area contributed by atoms with Crippen molar-refractivity contribution in [3.05, 3.63) is 57.5 Å². The summed E-state index contributed by atoms with van der Waals surface area (Å²) in [6.07, 6.45) is 1.61. The predicted molar refractivity (Wildman–Crippen MR) is 78.4 cm³/mol. The number of benzene rings is 1. The normalized spacial score (nSPS) is 10.5. The lowest BCUT2D eigenvalue weighted by molar-refractivity contribution is -0.0762. The van der Waals surface area contributed by atoms with Crippen molar-refractivity contribution >= 4 is 5.91 Å². The summed E-state index contributed by atoms with van der Waals surface area (Å²) in [7, 11) is 2.79. The van der Waals surface area contributed by atoms with E-state index in [1.54, 1.807) is 13.1 Å². The molecule has 1 aromatic heterocycles. The highest BCUT2D eigenvalue weighted by Crippen LogP contribution is 2.09. The van der Waals surface area contributed by atoms with Crippen molar-refractivity contribution in [1.29, 1.82) is 0 Å². The first-order chi connectivity index (χ1) is 9.93. The molecule has 1 amide bonds. The van der Waals surface area contributed by atoms with Crippen molar-refractivity contribution in [2.45, 2.75) is 13.8 Å². The second-order valence-corrected chi connectivity index (χ2v) is 4.76. The van der Waals surface area contributed by atoms with Crippen LogP contribution in [0.5, 0.6) is 0 Å². The van der Waals surface area contributed by atoms with Crippen LogP contribution in [0.15, 0.2) is 35.3 Å². The quantitative estimate of drug-likeness (QED) is 0.802. The van der Waals surface area contributed by atoms with Crippen LogP contribution in [0.1, 0.15) is 21.6 Å². The largest absolute Gasteiger partial charge is 0.301 e. The lowest BCUT2D eigenvalue weighted by Crippen LogP contribution is -2.33.